The number of nitrogens with one attached hydrogen (secondary N) is 1. The van der Waals surface area contributed by atoms with Gasteiger partial charge in [-0.15, -0.1) is 0 Å². The fraction of sp³-hybridized carbons (Fsp3) is 0.471. The number of rotatable bonds is 3. The zero-order chi connectivity index (χ0) is 14.0. The lowest BCUT2D eigenvalue weighted by molar-refractivity contribution is 0.590. The van der Waals surface area contributed by atoms with Crippen LogP contribution in [-0.2, 0) is 5.41 Å². The van der Waals surface area contributed by atoms with E-state index in [4.69, 9.17) is 4.98 Å². The molecular weight excluding hydrogens is 232 g/mol. The van der Waals surface area contributed by atoms with Crippen molar-refractivity contribution in [1.82, 2.24) is 4.98 Å². The van der Waals surface area contributed by atoms with Gasteiger partial charge in [-0.25, -0.2) is 4.98 Å². The SMILES string of the molecule is CCCNc1nc2ccc(C)cc2cc1C(C)(C)C. The highest BCUT2D eigenvalue weighted by atomic mass is 15.0. The molecule has 2 nitrogen and oxygen atoms in total. The first-order valence-corrected chi connectivity index (χ1v) is 7.07. The van der Waals surface area contributed by atoms with Crippen molar-refractivity contribution in [1.29, 1.82) is 0 Å². The van der Waals surface area contributed by atoms with Gasteiger partial charge in [0.2, 0.25) is 0 Å². The molecule has 0 aliphatic heterocycles. The van der Waals surface area contributed by atoms with Crippen molar-refractivity contribution < 1.29 is 0 Å². The predicted octanol–water partition coefficient (Wildman–Crippen LogP) is 4.66. The lowest BCUT2D eigenvalue weighted by Gasteiger charge is -2.23. The first-order valence-electron chi connectivity index (χ1n) is 7.07. The van der Waals surface area contributed by atoms with E-state index >= 15 is 0 Å². The molecule has 0 saturated carbocycles. The van der Waals surface area contributed by atoms with Gasteiger partial charge in [0.1, 0.15) is 5.82 Å². The molecule has 19 heavy (non-hydrogen) atoms. The van der Waals surface area contributed by atoms with Crippen molar-refractivity contribution in [3.63, 3.8) is 0 Å². The van der Waals surface area contributed by atoms with Crippen LogP contribution in [0.5, 0.6) is 0 Å². The summed E-state index contributed by atoms with van der Waals surface area (Å²) in [5.41, 5.74) is 3.74. The van der Waals surface area contributed by atoms with Gasteiger partial charge in [0.15, 0.2) is 0 Å². The minimum Gasteiger partial charge on any atom is -0.370 e. The molecule has 0 atom stereocenters. The Morgan fingerprint density at radius 3 is 2.53 bits per heavy atom. The molecule has 1 aromatic carbocycles. The van der Waals surface area contributed by atoms with Gasteiger partial charge in [0, 0.05) is 17.5 Å². The highest BCUT2D eigenvalue weighted by molar-refractivity contribution is 5.82. The van der Waals surface area contributed by atoms with E-state index in [0.717, 1.165) is 24.3 Å². The quantitative estimate of drug-likeness (QED) is 0.863. The Morgan fingerprint density at radius 1 is 1.16 bits per heavy atom. The third-order valence-electron chi connectivity index (χ3n) is 3.32. The standard InChI is InChI=1S/C17H24N2/c1-6-9-18-16-14(17(3,4)5)11-13-10-12(2)7-8-15(13)19-16/h7-8,10-11H,6,9H2,1-5H3,(H,18,19). The van der Waals surface area contributed by atoms with Crippen LogP contribution in [0.25, 0.3) is 10.9 Å². The number of aromatic nitrogens is 1. The number of anilines is 1. The third kappa shape index (κ3) is 3.06. The molecule has 2 heteroatoms. The number of pyridine rings is 1. The molecule has 2 aromatic rings. The fourth-order valence-corrected chi connectivity index (χ4v) is 2.25. The summed E-state index contributed by atoms with van der Waals surface area (Å²) in [6, 6.07) is 8.72. The summed E-state index contributed by atoms with van der Waals surface area (Å²) in [6.45, 7) is 12.0. The van der Waals surface area contributed by atoms with Crippen molar-refractivity contribution in [2.45, 2.75) is 46.5 Å². The second-order valence-electron chi connectivity index (χ2n) is 6.26. The van der Waals surface area contributed by atoms with Crippen LogP contribution in [0.15, 0.2) is 24.3 Å². The Kier molecular flexibility index (Phi) is 3.79. The molecule has 1 heterocycles. The molecular formula is C17H24N2. The number of fused-ring (bicyclic) bond motifs is 1. The Balaban J connectivity index is 2.60. The van der Waals surface area contributed by atoms with Gasteiger partial charge in [-0.2, -0.15) is 0 Å². The zero-order valence-corrected chi connectivity index (χ0v) is 12.7. The average molecular weight is 256 g/mol. The second kappa shape index (κ2) is 5.20. The van der Waals surface area contributed by atoms with E-state index in [9.17, 15) is 0 Å². The summed E-state index contributed by atoms with van der Waals surface area (Å²) in [7, 11) is 0. The smallest absolute Gasteiger partial charge is 0.130 e. The van der Waals surface area contributed by atoms with Crippen molar-refractivity contribution in [2.24, 2.45) is 0 Å². The molecule has 2 rings (SSSR count). The topological polar surface area (TPSA) is 24.9 Å². The van der Waals surface area contributed by atoms with E-state index in [0.29, 0.717) is 0 Å². The Bertz CT molecular complexity index is 580. The molecule has 0 radical (unpaired) electrons. The van der Waals surface area contributed by atoms with Crippen LogP contribution in [0.3, 0.4) is 0 Å². The molecule has 0 fully saturated rings. The van der Waals surface area contributed by atoms with Crippen LogP contribution < -0.4 is 5.32 Å². The minimum absolute atomic E-state index is 0.0982. The van der Waals surface area contributed by atoms with Gasteiger partial charge in [0.05, 0.1) is 5.52 Å². The number of benzene rings is 1. The van der Waals surface area contributed by atoms with Crippen molar-refractivity contribution >= 4 is 16.7 Å². The van der Waals surface area contributed by atoms with Gasteiger partial charge >= 0.3 is 0 Å². The molecule has 0 spiro atoms. The van der Waals surface area contributed by atoms with Crippen molar-refractivity contribution in [3.8, 4) is 0 Å². The van der Waals surface area contributed by atoms with Crippen LogP contribution in [0, 0.1) is 6.92 Å². The van der Waals surface area contributed by atoms with Crippen LogP contribution >= 0.6 is 0 Å². The van der Waals surface area contributed by atoms with Crippen molar-refractivity contribution in [3.05, 3.63) is 35.4 Å². The van der Waals surface area contributed by atoms with Gasteiger partial charge in [-0.05, 0) is 37.0 Å². The maximum atomic E-state index is 4.81. The Hall–Kier alpha value is -1.57. The number of hydrogen-bond acceptors (Lipinski definition) is 2. The maximum Gasteiger partial charge on any atom is 0.130 e. The molecule has 0 saturated heterocycles. The van der Waals surface area contributed by atoms with E-state index in [2.05, 4.69) is 64.2 Å². The maximum absolute atomic E-state index is 4.81. The Labute approximate surface area is 116 Å². The van der Waals surface area contributed by atoms with E-state index in [1.54, 1.807) is 0 Å². The molecule has 0 aliphatic carbocycles. The molecule has 1 N–H and O–H groups in total. The highest BCUT2D eigenvalue weighted by Gasteiger charge is 2.19. The van der Waals surface area contributed by atoms with Crippen molar-refractivity contribution in [2.75, 3.05) is 11.9 Å². The van der Waals surface area contributed by atoms with Gasteiger partial charge < -0.3 is 5.32 Å². The van der Waals surface area contributed by atoms with E-state index < -0.39 is 0 Å². The molecule has 1 aromatic heterocycles. The largest absolute Gasteiger partial charge is 0.370 e. The minimum atomic E-state index is 0.0982. The van der Waals surface area contributed by atoms with Gasteiger partial charge in [-0.1, -0.05) is 39.3 Å². The zero-order valence-electron chi connectivity index (χ0n) is 12.7. The summed E-state index contributed by atoms with van der Waals surface area (Å²) >= 11 is 0. The third-order valence-corrected chi connectivity index (χ3v) is 3.32. The monoisotopic (exact) mass is 256 g/mol. The lowest BCUT2D eigenvalue weighted by atomic mass is 9.86. The summed E-state index contributed by atoms with van der Waals surface area (Å²) in [5, 5.41) is 4.69. The second-order valence-corrected chi connectivity index (χ2v) is 6.26. The summed E-state index contributed by atoms with van der Waals surface area (Å²) in [6.07, 6.45) is 1.11. The first kappa shape index (κ1) is 13.9. The van der Waals surface area contributed by atoms with E-state index in [-0.39, 0.29) is 5.41 Å². The van der Waals surface area contributed by atoms with Gasteiger partial charge in [-0.3, -0.25) is 0 Å². The van der Waals surface area contributed by atoms with Crippen LogP contribution in [0.4, 0.5) is 5.82 Å². The van der Waals surface area contributed by atoms with Crippen LogP contribution in [0.2, 0.25) is 0 Å². The lowest BCUT2D eigenvalue weighted by Crippen LogP contribution is -2.16. The molecule has 102 valence electrons. The number of aryl methyl sites for hydroxylation is 1. The van der Waals surface area contributed by atoms with E-state index in [1.807, 2.05) is 0 Å². The molecule has 0 unspecified atom stereocenters. The molecule has 0 amide bonds. The number of nitrogens with zero attached hydrogens (tertiary/aromatic N) is 1. The summed E-state index contributed by atoms with van der Waals surface area (Å²) < 4.78 is 0. The van der Waals surface area contributed by atoms with Crippen LogP contribution in [-0.4, -0.2) is 11.5 Å². The average Bonchev–Trinajstić information content (AvgIpc) is 2.34. The predicted molar refractivity (Wildman–Crippen MR) is 84.0 cm³/mol. The molecule has 0 aliphatic rings. The van der Waals surface area contributed by atoms with E-state index in [1.165, 1.54) is 16.5 Å². The van der Waals surface area contributed by atoms with Crippen LogP contribution in [0.1, 0.15) is 45.2 Å². The first-order chi connectivity index (χ1) is 8.91. The highest BCUT2D eigenvalue weighted by Crippen LogP contribution is 2.31. The fourth-order valence-electron chi connectivity index (χ4n) is 2.25. The number of hydrogen-bond donors (Lipinski definition) is 1. The Morgan fingerprint density at radius 2 is 1.89 bits per heavy atom. The normalized spacial score (nSPS) is 11.8. The van der Waals surface area contributed by atoms with Gasteiger partial charge in [0.25, 0.3) is 0 Å². The summed E-state index contributed by atoms with van der Waals surface area (Å²) in [4.78, 5) is 4.81. The molecule has 0 bridgehead atoms. The summed E-state index contributed by atoms with van der Waals surface area (Å²) in [5.74, 6) is 1.03.